The summed E-state index contributed by atoms with van der Waals surface area (Å²) in [7, 11) is 0. The maximum atomic E-state index is 9.35. The molecule has 19 heavy (non-hydrogen) atoms. The van der Waals surface area contributed by atoms with Crippen molar-refractivity contribution >= 4 is 0 Å². The zero-order valence-corrected chi connectivity index (χ0v) is 10.8. The minimum Gasteiger partial charge on any atom is -0.508 e. The highest BCUT2D eigenvalue weighted by Crippen LogP contribution is 2.10. The van der Waals surface area contributed by atoms with Crippen LogP contribution in [-0.4, -0.2) is 16.8 Å². The van der Waals surface area contributed by atoms with E-state index in [2.05, 4.69) is 5.32 Å². The van der Waals surface area contributed by atoms with Gasteiger partial charge in [0, 0.05) is 6.54 Å². The number of nitrogens with one attached hydrogen (secondary N) is 1. The van der Waals surface area contributed by atoms with E-state index < -0.39 is 0 Å². The number of phenolic OH excluding ortho intramolecular Hbond substituents is 1. The van der Waals surface area contributed by atoms with Crippen LogP contribution in [-0.2, 0) is 19.6 Å². The summed E-state index contributed by atoms with van der Waals surface area (Å²) >= 11 is 0. The predicted octanol–water partition coefficient (Wildman–Crippen LogP) is 2.22. The summed E-state index contributed by atoms with van der Waals surface area (Å²) in [4.78, 5) is 0. The first-order chi connectivity index (χ1) is 9.28. The largest absolute Gasteiger partial charge is 0.508 e. The van der Waals surface area contributed by atoms with Gasteiger partial charge in [-0.05, 0) is 41.8 Å². The summed E-state index contributed by atoms with van der Waals surface area (Å²) < 4.78 is 0. The molecule has 0 aliphatic heterocycles. The first kappa shape index (κ1) is 13.6. The number of benzene rings is 2. The van der Waals surface area contributed by atoms with E-state index in [1.54, 1.807) is 12.1 Å². The van der Waals surface area contributed by atoms with E-state index in [1.807, 2.05) is 36.4 Å². The van der Waals surface area contributed by atoms with Gasteiger partial charge >= 0.3 is 0 Å². The van der Waals surface area contributed by atoms with E-state index in [1.165, 1.54) is 5.56 Å². The third kappa shape index (κ3) is 4.39. The molecule has 0 atom stereocenters. The second-order valence-electron chi connectivity index (χ2n) is 4.57. The molecule has 0 saturated carbocycles. The van der Waals surface area contributed by atoms with Crippen LogP contribution in [0.15, 0.2) is 48.5 Å². The fourth-order valence-electron chi connectivity index (χ4n) is 1.94. The molecule has 0 fully saturated rings. The lowest BCUT2D eigenvalue weighted by Gasteiger charge is -2.06. The molecule has 3 nitrogen and oxygen atoms in total. The van der Waals surface area contributed by atoms with Crippen LogP contribution >= 0.6 is 0 Å². The van der Waals surface area contributed by atoms with Gasteiger partial charge in [0.2, 0.25) is 0 Å². The van der Waals surface area contributed by atoms with Crippen molar-refractivity contribution in [1.29, 1.82) is 0 Å². The number of phenols is 1. The average molecular weight is 257 g/mol. The zero-order chi connectivity index (χ0) is 13.5. The average Bonchev–Trinajstić information content (AvgIpc) is 2.44. The highest BCUT2D eigenvalue weighted by molar-refractivity contribution is 5.27. The third-order valence-electron chi connectivity index (χ3n) is 3.04. The summed E-state index contributed by atoms with van der Waals surface area (Å²) in [6.45, 7) is 1.73. The maximum absolute atomic E-state index is 9.35. The molecule has 0 aliphatic rings. The van der Waals surface area contributed by atoms with E-state index in [4.69, 9.17) is 5.11 Å². The predicted molar refractivity (Wildman–Crippen MR) is 75.9 cm³/mol. The quantitative estimate of drug-likeness (QED) is 0.695. The van der Waals surface area contributed by atoms with Crippen molar-refractivity contribution in [3.05, 3.63) is 65.2 Å². The van der Waals surface area contributed by atoms with Gasteiger partial charge in [-0.15, -0.1) is 0 Å². The van der Waals surface area contributed by atoms with Crippen molar-refractivity contribution in [3.8, 4) is 5.75 Å². The van der Waals surface area contributed by atoms with Crippen LogP contribution in [0.2, 0.25) is 0 Å². The van der Waals surface area contributed by atoms with Crippen LogP contribution in [0.5, 0.6) is 5.75 Å². The molecule has 3 heteroatoms. The van der Waals surface area contributed by atoms with Gasteiger partial charge in [-0.25, -0.2) is 0 Å². The lowest BCUT2D eigenvalue weighted by atomic mass is 10.1. The molecule has 2 aromatic rings. The Morgan fingerprint density at radius 3 is 2.32 bits per heavy atom. The lowest BCUT2D eigenvalue weighted by Crippen LogP contribution is -2.16. The van der Waals surface area contributed by atoms with E-state index >= 15 is 0 Å². The normalized spacial score (nSPS) is 10.6. The van der Waals surface area contributed by atoms with Crippen LogP contribution in [0.1, 0.15) is 16.7 Å². The minimum atomic E-state index is 0.0933. The molecule has 0 amide bonds. The van der Waals surface area contributed by atoms with Gasteiger partial charge in [0.15, 0.2) is 0 Å². The molecule has 0 aliphatic carbocycles. The van der Waals surface area contributed by atoms with Crippen molar-refractivity contribution in [2.75, 3.05) is 6.54 Å². The van der Waals surface area contributed by atoms with Gasteiger partial charge in [-0.3, -0.25) is 0 Å². The lowest BCUT2D eigenvalue weighted by molar-refractivity contribution is 0.282. The Balaban J connectivity index is 1.74. The van der Waals surface area contributed by atoms with Crippen molar-refractivity contribution < 1.29 is 10.2 Å². The van der Waals surface area contributed by atoms with E-state index in [0.29, 0.717) is 5.75 Å². The highest BCUT2D eigenvalue weighted by Gasteiger charge is 1.96. The van der Waals surface area contributed by atoms with E-state index in [0.717, 1.165) is 30.6 Å². The molecule has 0 unspecified atom stereocenters. The van der Waals surface area contributed by atoms with Crippen molar-refractivity contribution in [2.45, 2.75) is 19.6 Å². The van der Waals surface area contributed by atoms with Crippen LogP contribution in [0.4, 0.5) is 0 Å². The number of hydrogen-bond acceptors (Lipinski definition) is 3. The van der Waals surface area contributed by atoms with Crippen LogP contribution in [0, 0.1) is 0 Å². The molecule has 2 aromatic carbocycles. The second kappa shape index (κ2) is 6.92. The van der Waals surface area contributed by atoms with Crippen molar-refractivity contribution in [3.63, 3.8) is 0 Å². The fourth-order valence-corrected chi connectivity index (χ4v) is 1.94. The Hall–Kier alpha value is -1.84. The molecular formula is C16H19NO2. The topological polar surface area (TPSA) is 52.5 Å². The summed E-state index contributed by atoms with van der Waals surface area (Å²) in [6.07, 6.45) is 0.949. The van der Waals surface area contributed by atoms with Gasteiger partial charge in [-0.2, -0.15) is 0 Å². The molecule has 0 spiro atoms. The summed E-state index contributed by atoms with van der Waals surface area (Å²) in [6, 6.07) is 15.3. The monoisotopic (exact) mass is 257 g/mol. The Morgan fingerprint density at radius 1 is 0.895 bits per heavy atom. The van der Waals surface area contributed by atoms with Gasteiger partial charge in [0.25, 0.3) is 0 Å². The van der Waals surface area contributed by atoms with Gasteiger partial charge in [-0.1, -0.05) is 36.4 Å². The third-order valence-corrected chi connectivity index (χ3v) is 3.04. The molecule has 0 saturated heterocycles. The zero-order valence-electron chi connectivity index (χ0n) is 10.8. The molecule has 0 heterocycles. The van der Waals surface area contributed by atoms with E-state index in [9.17, 15) is 5.11 Å². The number of aliphatic hydroxyl groups is 1. The maximum Gasteiger partial charge on any atom is 0.115 e. The standard InChI is InChI=1S/C16H19NO2/c18-12-14-6-4-13(5-7-14)8-9-17-11-15-2-1-3-16(19)10-15/h1-7,10,17-19H,8-9,11-12H2. The second-order valence-corrected chi connectivity index (χ2v) is 4.57. The Morgan fingerprint density at radius 2 is 1.63 bits per heavy atom. The fraction of sp³-hybridized carbons (Fsp3) is 0.250. The Kier molecular flexibility index (Phi) is 4.95. The molecule has 0 bridgehead atoms. The first-order valence-corrected chi connectivity index (χ1v) is 6.45. The number of hydrogen-bond donors (Lipinski definition) is 3. The molecule has 3 N–H and O–H groups in total. The van der Waals surface area contributed by atoms with Crippen molar-refractivity contribution in [2.24, 2.45) is 0 Å². The van der Waals surface area contributed by atoms with E-state index in [-0.39, 0.29) is 6.61 Å². The molecule has 0 radical (unpaired) electrons. The molecule has 2 rings (SSSR count). The first-order valence-electron chi connectivity index (χ1n) is 6.45. The number of aliphatic hydroxyl groups excluding tert-OH is 1. The summed E-state index contributed by atoms with van der Waals surface area (Å²) in [5, 5.41) is 21.7. The highest BCUT2D eigenvalue weighted by atomic mass is 16.3. The minimum absolute atomic E-state index is 0.0933. The molecular weight excluding hydrogens is 238 g/mol. The van der Waals surface area contributed by atoms with Crippen LogP contribution in [0.25, 0.3) is 0 Å². The summed E-state index contributed by atoms with van der Waals surface area (Å²) in [5.41, 5.74) is 3.27. The van der Waals surface area contributed by atoms with Crippen molar-refractivity contribution in [1.82, 2.24) is 5.32 Å². The molecule has 100 valence electrons. The van der Waals surface area contributed by atoms with Crippen LogP contribution in [0.3, 0.4) is 0 Å². The SMILES string of the molecule is OCc1ccc(CCNCc2cccc(O)c2)cc1. The summed E-state index contributed by atoms with van der Waals surface area (Å²) in [5.74, 6) is 0.305. The Bertz CT molecular complexity index is 508. The van der Waals surface area contributed by atoms with Gasteiger partial charge < -0.3 is 15.5 Å². The van der Waals surface area contributed by atoms with Crippen LogP contribution < -0.4 is 5.32 Å². The smallest absolute Gasteiger partial charge is 0.115 e. The van der Waals surface area contributed by atoms with Gasteiger partial charge in [0.05, 0.1) is 6.61 Å². The van der Waals surface area contributed by atoms with Gasteiger partial charge in [0.1, 0.15) is 5.75 Å². The number of aromatic hydroxyl groups is 1. The molecule has 0 aromatic heterocycles. The number of rotatable bonds is 6. The Labute approximate surface area is 113 Å².